The van der Waals surface area contributed by atoms with Gasteiger partial charge in [0.05, 0.1) is 19.9 Å². The van der Waals surface area contributed by atoms with Crippen molar-refractivity contribution in [2.75, 3.05) is 19.5 Å². The molecule has 188 valence electrons. The Morgan fingerprint density at radius 2 is 1.70 bits per heavy atom. The maximum Gasteiger partial charge on any atom is 0.316 e. The summed E-state index contributed by atoms with van der Waals surface area (Å²) in [6, 6.07) is 21.7. The Hall–Kier alpha value is -5.05. The van der Waals surface area contributed by atoms with Gasteiger partial charge < -0.3 is 25.8 Å². The molecule has 3 amide bonds. The lowest BCUT2D eigenvalue weighted by Crippen LogP contribution is -2.20. The number of benzene rings is 3. The van der Waals surface area contributed by atoms with E-state index in [9.17, 15) is 9.59 Å². The van der Waals surface area contributed by atoms with Crippen molar-refractivity contribution < 1.29 is 19.1 Å². The van der Waals surface area contributed by atoms with E-state index in [4.69, 9.17) is 20.3 Å². The van der Waals surface area contributed by atoms with Gasteiger partial charge in [-0.25, -0.2) is 9.48 Å². The molecule has 0 atom stereocenters. The van der Waals surface area contributed by atoms with E-state index in [1.54, 1.807) is 49.2 Å². The number of nitrogens with zero attached hydrogens (tertiary/aromatic N) is 2. The number of nitrogens with two attached hydrogens (primary N) is 1. The third-order valence-corrected chi connectivity index (χ3v) is 5.52. The molecular weight excluding hydrogens is 470 g/mol. The molecule has 37 heavy (non-hydrogen) atoms. The second kappa shape index (κ2) is 11.6. The van der Waals surface area contributed by atoms with Crippen LogP contribution in [-0.2, 0) is 11.3 Å². The van der Waals surface area contributed by atoms with Gasteiger partial charge >= 0.3 is 6.03 Å². The van der Waals surface area contributed by atoms with Crippen LogP contribution in [0.3, 0.4) is 0 Å². The number of nitrogens with one attached hydrogen (secondary N) is 2. The zero-order valence-corrected chi connectivity index (χ0v) is 20.5. The zero-order valence-electron chi connectivity index (χ0n) is 20.5. The van der Waals surface area contributed by atoms with Crippen LogP contribution in [-0.4, -0.2) is 35.9 Å². The minimum atomic E-state index is -0.630. The fourth-order valence-corrected chi connectivity index (χ4v) is 3.69. The van der Waals surface area contributed by atoms with E-state index in [1.165, 1.54) is 6.08 Å². The summed E-state index contributed by atoms with van der Waals surface area (Å²) in [7, 11) is 3.16. The summed E-state index contributed by atoms with van der Waals surface area (Å²) in [6.07, 6.45) is 5.07. The fraction of sp³-hybridized carbons (Fsp3) is 0.107. The van der Waals surface area contributed by atoms with E-state index in [0.717, 1.165) is 22.4 Å². The highest BCUT2D eigenvalue weighted by Gasteiger charge is 2.14. The number of carbonyl (C=O) groups is 2. The van der Waals surface area contributed by atoms with Crippen LogP contribution in [0.1, 0.15) is 11.1 Å². The van der Waals surface area contributed by atoms with Crippen molar-refractivity contribution >= 4 is 23.7 Å². The number of carbonyl (C=O) groups excluding carboxylic acids is 2. The predicted molar refractivity (Wildman–Crippen MR) is 143 cm³/mol. The molecule has 1 aromatic heterocycles. The van der Waals surface area contributed by atoms with Crippen molar-refractivity contribution in [3.63, 3.8) is 0 Å². The number of methoxy groups -OCH3 is 2. The summed E-state index contributed by atoms with van der Waals surface area (Å²) < 4.78 is 12.6. The van der Waals surface area contributed by atoms with E-state index in [0.29, 0.717) is 29.4 Å². The van der Waals surface area contributed by atoms with Crippen molar-refractivity contribution in [3.8, 4) is 28.4 Å². The number of amides is 3. The highest BCUT2D eigenvalue weighted by Crippen LogP contribution is 2.33. The average Bonchev–Trinajstić information content (AvgIpc) is 3.35. The molecule has 4 aromatic rings. The number of ether oxygens (including phenoxy) is 2. The maximum absolute atomic E-state index is 12.6. The van der Waals surface area contributed by atoms with Gasteiger partial charge in [0.25, 0.3) is 0 Å². The topological polar surface area (TPSA) is 121 Å². The van der Waals surface area contributed by atoms with Gasteiger partial charge in [-0.1, -0.05) is 30.3 Å². The van der Waals surface area contributed by atoms with Gasteiger partial charge in [0.15, 0.2) is 11.5 Å². The van der Waals surface area contributed by atoms with Gasteiger partial charge in [-0.2, -0.15) is 5.10 Å². The third kappa shape index (κ3) is 6.34. The van der Waals surface area contributed by atoms with Crippen LogP contribution in [0.15, 0.2) is 85.1 Å². The molecule has 0 aliphatic heterocycles. The van der Waals surface area contributed by atoms with Crippen LogP contribution in [0.5, 0.6) is 11.5 Å². The lowest BCUT2D eigenvalue weighted by Gasteiger charge is -2.09. The first-order chi connectivity index (χ1) is 18.0. The Balaban J connectivity index is 1.55. The Morgan fingerprint density at radius 3 is 2.38 bits per heavy atom. The van der Waals surface area contributed by atoms with E-state index in [-0.39, 0.29) is 5.91 Å². The molecule has 0 unspecified atom stereocenters. The van der Waals surface area contributed by atoms with Gasteiger partial charge in [0, 0.05) is 35.6 Å². The Bertz CT molecular complexity index is 1410. The number of primary amides is 1. The minimum Gasteiger partial charge on any atom is -0.493 e. The predicted octanol–water partition coefficient (Wildman–Crippen LogP) is 4.38. The first-order valence-corrected chi connectivity index (χ1v) is 11.5. The second-order valence-electron chi connectivity index (χ2n) is 8.02. The van der Waals surface area contributed by atoms with Crippen LogP contribution in [0, 0.1) is 0 Å². The van der Waals surface area contributed by atoms with Crippen molar-refractivity contribution in [2.45, 2.75) is 6.54 Å². The number of hydrogen-bond donors (Lipinski definition) is 3. The number of para-hydroxylation sites is 1. The molecule has 0 aliphatic carbocycles. The number of urea groups is 1. The first kappa shape index (κ1) is 25.1. The van der Waals surface area contributed by atoms with Crippen LogP contribution < -0.4 is 25.8 Å². The fourth-order valence-electron chi connectivity index (χ4n) is 3.69. The Kier molecular flexibility index (Phi) is 7.85. The minimum absolute atomic E-state index is 0.259. The lowest BCUT2D eigenvalue weighted by molar-refractivity contribution is -0.116. The summed E-state index contributed by atoms with van der Waals surface area (Å²) in [4.78, 5) is 23.5. The van der Waals surface area contributed by atoms with Gasteiger partial charge in [-0.05, 0) is 54.1 Å². The highest BCUT2D eigenvalue weighted by molar-refractivity contribution is 5.93. The summed E-state index contributed by atoms with van der Waals surface area (Å²) >= 11 is 0. The molecule has 0 radical (unpaired) electrons. The van der Waals surface area contributed by atoms with Crippen molar-refractivity contribution in [2.24, 2.45) is 5.73 Å². The van der Waals surface area contributed by atoms with Gasteiger partial charge in [0.2, 0.25) is 5.91 Å². The normalized spacial score (nSPS) is 10.8. The molecule has 4 rings (SSSR count). The van der Waals surface area contributed by atoms with Crippen LogP contribution in [0.25, 0.3) is 23.0 Å². The van der Waals surface area contributed by atoms with Crippen LogP contribution >= 0.6 is 0 Å². The molecule has 0 bridgehead atoms. The molecular formula is C28H27N5O4. The monoisotopic (exact) mass is 497 g/mol. The van der Waals surface area contributed by atoms with Crippen molar-refractivity contribution in [1.82, 2.24) is 15.1 Å². The first-order valence-electron chi connectivity index (χ1n) is 11.5. The molecule has 4 N–H and O–H groups in total. The molecule has 3 aromatic carbocycles. The number of aromatic nitrogens is 2. The lowest BCUT2D eigenvalue weighted by atomic mass is 10.1. The molecule has 9 nitrogen and oxygen atoms in total. The number of rotatable bonds is 9. The third-order valence-electron chi connectivity index (χ3n) is 5.52. The highest BCUT2D eigenvalue weighted by atomic mass is 16.5. The zero-order chi connectivity index (χ0) is 26.2. The molecule has 0 saturated carbocycles. The van der Waals surface area contributed by atoms with Crippen LogP contribution in [0.4, 0.5) is 10.5 Å². The number of hydrogen-bond acceptors (Lipinski definition) is 5. The van der Waals surface area contributed by atoms with Gasteiger partial charge in [-0.15, -0.1) is 0 Å². The molecule has 9 heteroatoms. The van der Waals surface area contributed by atoms with Crippen molar-refractivity contribution in [3.05, 3.63) is 96.2 Å². The SMILES string of the molecule is COc1ccc(-c2nn(-c3ccccc3)cc2/C=C/C(=O)NCc2ccc(NC(N)=O)cc2)cc1OC. The Labute approximate surface area is 214 Å². The van der Waals surface area contributed by atoms with Crippen molar-refractivity contribution in [1.29, 1.82) is 0 Å². The molecule has 0 fully saturated rings. The molecule has 0 spiro atoms. The molecule has 0 aliphatic rings. The summed E-state index contributed by atoms with van der Waals surface area (Å²) in [6.45, 7) is 0.325. The number of anilines is 1. The summed E-state index contributed by atoms with van der Waals surface area (Å²) in [5.41, 5.74) is 9.73. The molecule has 1 heterocycles. The van der Waals surface area contributed by atoms with E-state index in [1.807, 2.05) is 54.7 Å². The summed E-state index contributed by atoms with van der Waals surface area (Å²) in [5, 5.41) is 10.1. The maximum atomic E-state index is 12.6. The average molecular weight is 498 g/mol. The van der Waals surface area contributed by atoms with Gasteiger partial charge in [0.1, 0.15) is 5.69 Å². The largest absolute Gasteiger partial charge is 0.493 e. The van der Waals surface area contributed by atoms with Crippen LogP contribution in [0.2, 0.25) is 0 Å². The Morgan fingerprint density at radius 1 is 0.973 bits per heavy atom. The van der Waals surface area contributed by atoms with E-state index < -0.39 is 6.03 Å². The molecule has 0 saturated heterocycles. The smallest absolute Gasteiger partial charge is 0.316 e. The summed E-state index contributed by atoms with van der Waals surface area (Å²) in [5.74, 6) is 0.938. The quantitative estimate of drug-likeness (QED) is 0.297. The van der Waals surface area contributed by atoms with Gasteiger partial charge in [-0.3, -0.25) is 4.79 Å². The second-order valence-corrected chi connectivity index (χ2v) is 8.02. The standard InChI is InChI=1S/C28H27N5O4/c1-36-24-14-10-20(16-25(24)37-2)27-21(18-33(32-27)23-6-4-3-5-7-23)11-15-26(34)30-17-19-8-12-22(13-9-19)31-28(29)35/h3-16,18H,17H2,1-2H3,(H,30,34)(H3,29,31,35)/b15-11+. The van der Waals surface area contributed by atoms with E-state index in [2.05, 4.69) is 10.6 Å². The van der Waals surface area contributed by atoms with E-state index >= 15 is 0 Å².